The Morgan fingerprint density at radius 1 is 1.31 bits per heavy atom. The molecule has 2 N–H and O–H groups in total. The number of halogens is 1. The van der Waals surface area contributed by atoms with E-state index in [1.807, 2.05) is 0 Å². The highest BCUT2D eigenvalue weighted by molar-refractivity contribution is 14.0. The minimum Gasteiger partial charge on any atom is -0.491 e. The molecule has 1 aliphatic carbocycles. The largest absolute Gasteiger partial charge is 0.491 e. The number of nitrogens with one attached hydrogen (secondary N) is 2. The zero-order chi connectivity index (χ0) is 20.1. The Morgan fingerprint density at radius 3 is 2.83 bits per heavy atom. The number of rotatable bonds is 8. The first-order valence-electron chi connectivity index (χ1n) is 10.3. The van der Waals surface area contributed by atoms with Crippen LogP contribution < -0.4 is 15.4 Å². The molecule has 1 aromatic carbocycles. The number of hydrogen-bond donors (Lipinski definition) is 2. The second-order valence-corrected chi connectivity index (χ2v) is 8.33. The van der Waals surface area contributed by atoms with Crippen molar-refractivity contribution in [3.63, 3.8) is 0 Å². The van der Waals surface area contributed by atoms with Crippen molar-refractivity contribution in [1.29, 1.82) is 0 Å². The van der Waals surface area contributed by atoms with Crippen LogP contribution >= 0.6 is 24.0 Å². The predicted molar refractivity (Wildman–Crippen MR) is 127 cm³/mol. The smallest absolute Gasteiger partial charge is 0.191 e. The molecule has 1 saturated heterocycles. The van der Waals surface area contributed by atoms with Crippen LogP contribution in [0, 0.1) is 18.3 Å². The van der Waals surface area contributed by atoms with E-state index in [0.717, 1.165) is 36.8 Å². The van der Waals surface area contributed by atoms with E-state index in [4.69, 9.17) is 19.2 Å². The monoisotopic (exact) mass is 517 g/mol. The highest BCUT2D eigenvalue weighted by atomic mass is 127. The lowest BCUT2D eigenvalue weighted by Gasteiger charge is -2.54. The molecule has 1 aromatic rings. The van der Waals surface area contributed by atoms with E-state index in [0.29, 0.717) is 37.8 Å². The molecule has 164 valence electrons. The lowest BCUT2D eigenvalue weighted by molar-refractivity contribution is -0.106. The number of benzene rings is 1. The zero-order valence-corrected chi connectivity index (χ0v) is 20.6. The average molecular weight is 517 g/mol. The van der Waals surface area contributed by atoms with Gasteiger partial charge in [-0.15, -0.1) is 24.0 Å². The van der Waals surface area contributed by atoms with Gasteiger partial charge in [-0.1, -0.05) is 26.0 Å². The van der Waals surface area contributed by atoms with Crippen LogP contribution in [-0.4, -0.2) is 51.6 Å². The molecule has 6 nitrogen and oxygen atoms in total. The van der Waals surface area contributed by atoms with E-state index in [9.17, 15) is 0 Å². The summed E-state index contributed by atoms with van der Waals surface area (Å²) in [6, 6.07) is 6.65. The van der Waals surface area contributed by atoms with E-state index in [1.54, 1.807) is 7.11 Å². The molecular formula is C22H36IN3O3. The number of fused-ring (bicyclic) bond motifs is 1. The summed E-state index contributed by atoms with van der Waals surface area (Å²) < 4.78 is 16.9. The number of ether oxygens (including phenoxy) is 3. The van der Waals surface area contributed by atoms with E-state index < -0.39 is 0 Å². The topological polar surface area (TPSA) is 64.1 Å². The number of aliphatic imine (C=N–C) groups is 1. The summed E-state index contributed by atoms with van der Waals surface area (Å²) in [6.07, 6.45) is 1.49. The minimum absolute atomic E-state index is 0. The van der Waals surface area contributed by atoms with Crippen LogP contribution in [0.1, 0.15) is 38.3 Å². The molecule has 0 bridgehead atoms. The number of hydrogen-bond acceptors (Lipinski definition) is 4. The third kappa shape index (κ3) is 5.55. The highest BCUT2D eigenvalue weighted by Crippen LogP contribution is 2.52. The molecular weight excluding hydrogens is 481 g/mol. The molecule has 3 unspecified atom stereocenters. The molecule has 1 aliphatic heterocycles. The quantitative estimate of drug-likeness (QED) is 0.239. The fraction of sp³-hybridized carbons (Fsp3) is 0.682. The van der Waals surface area contributed by atoms with Crippen LogP contribution in [0.25, 0.3) is 0 Å². The van der Waals surface area contributed by atoms with Crippen LogP contribution in [0.5, 0.6) is 5.75 Å². The molecule has 1 heterocycles. The van der Waals surface area contributed by atoms with E-state index in [-0.39, 0.29) is 29.4 Å². The SMILES string of the molecule is CCNC(=NCc1ccc(C)cc1OCCOC)NC1C2CCOC2C1(C)C.I. The molecule has 7 heteroatoms. The van der Waals surface area contributed by atoms with Crippen molar-refractivity contribution < 1.29 is 14.2 Å². The van der Waals surface area contributed by atoms with Crippen molar-refractivity contribution in [2.75, 3.05) is 33.5 Å². The Hall–Kier alpha value is -1.06. The molecule has 0 spiro atoms. The Morgan fingerprint density at radius 2 is 2.10 bits per heavy atom. The van der Waals surface area contributed by atoms with Gasteiger partial charge in [-0.3, -0.25) is 0 Å². The van der Waals surface area contributed by atoms with E-state index >= 15 is 0 Å². The molecule has 0 amide bonds. The Bertz CT molecular complexity index is 696. The van der Waals surface area contributed by atoms with Gasteiger partial charge in [0.15, 0.2) is 5.96 Å². The van der Waals surface area contributed by atoms with Gasteiger partial charge in [-0.25, -0.2) is 4.99 Å². The van der Waals surface area contributed by atoms with Crippen LogP contribution in [0.15, 0.2) is 23.2 Å². The van der Waals surface area contributed by atoms with E-state index in [2.05, 4.69) is 56.5 Å². The van der Waals surface area contributed by atoms with Gasteiger partial charge in [0, 0.05) is 43.2 Å². The summed E-state index contributed by atoms with van der Waals surface area (Å²) in [5.74, 6) is 2.31. The third-order valence-corrected chi connectivity index (χ3v) is 5.91. The van der Waals surface area contributed by atoms with Gasteiger partial charge in [-0.05, 0) is 31.9 Å². The number of methoxy groups -OCH3 is 1. The molecule has 2 aliphatic rings. The van der Waals surface area contributed by atoms with Gasteiger partial charge in [-0.2, -0.15) is 0 Å². The van der Waals surface area contributed by atoms with Gasteiger partial charge in [0.05, 0.1) is 19.3 Å². The molecule has 3 atom stereocenters. The number of guanidine groups is 1. The van der Waals surface area contributed by atoms with Gasteiger partial charge >= 0.3 is 0 Å². The molecule has 2 fully saturated rings. The van der Waals surface area contributed by atoms with Crippen molar-refractivity contribution in [2.24, 2.45) is 16.3 Å². The number of nitrogens with zero attached hydrogens (tertiary/aromatic N) is 1. The molecule has 0 aromatic heterocycles. The lowest BCUT2D eigenvalue weighted by atomic mass is 9.57. The fourth-order valence-corrected chi connectivity index (χ4v) is 4.41. The summed E-state index contributed by atoms with van der Waals surface area (Å²) in [5.41, 5.74) is 2.37. The summed E-state index contributed by atoms with van der Waals surface area (Å²) in [7, 11) is 1.68. The predicted octanol–water partition coefficient (Wildman–Crippen LogP) is 3.51. The van der Waals surface area contributed by atoms with Gasteiger partial charge < -0.3 is 24.8 Å². The van der Waals surface area contributed by atoms with Crippen LogP contribution in [0.3, 0.4) is 0 Å². The van der Waals surface area contributed by atoms with Crippen molar-refractivity contribution in [2.45, 2.75) is 52.8 Å². The average Bonchev–Trinajstić information content (AvgIpc) is 3.12. The Labute approximate surface area is 192 Å². The first-order chi connectivity index (χ1) is 13.5. The lowest BCUT2D eigenvalue weighted by Crippen LogP contribution is -2.67. The van der Waals surface area contributed by atoms with Crippen LogP contribution in [-0.2, 0) is 16.0 Å². The first-order valence-corrected chi connectivity index (χ1v) is 10.3. The molecule has 29 heavy (non-hydrogen) atoms. The van der Waals surface area contributed by atoms with Crippen molar-refractivity contribution in [3.05, 3.63) is 29.3 Å². The summed E-state index contributed by atoms with van der Waals surface area (Å²) in [4.78, 5) is 4.85. The summed E-state index contributed by atoms with van der Waals surface area (Å²) in [5, 5.41) is 7.06. The van der Waals surface area contributed by atoms with Crippen LogP contribution in [0.4, 0.5) is 0 Å². The highest BCUT2D eigenvalue weighted by Gasteiger charge is 2.59. The second-order valence-electron chi connectivity index (χ2n) is 8.33. The van der Waals surface area contributed by atoms with Crippen molar-refractivity contribution in [1.82, 2.24) is 10.6 Å². The minimum atomic E-state index is 0. The van der Waals surface area contributed by atoms with Crippen LogP contribution in [0.2, 0.25) is 0 Å². The van der Waals surface area contributed by atoms with Gasteiger partial charge in [0.25, 0.3) is 0 Å². The van der Waals surface area contributed by atoms with Crippen molar-refractivity contribution >= 4 is 29.9 Å². The van der Waals surface area contributed by atoms with Gasteiger partial charge in [0.2, 0.25) is 0 Å². The maximum absolute atomic E-state index is 5.91. The maximum Gasteiger partial charge on any atom is 0.191 e. The molecule has 3 rings (SSSR count). The number of aryl methyl sites for hydroxylation is 1. The Balaban J connectivity index is 0.00000300. The normalized spacial score (nSPS) is 24.9. The fourth-order valence-electron chi connectivity index (χ4n) is 4.41. The Kier molecular flexibility index (Phi) is 9.03. The zero-order valence-electron chi connectivity index (χ0n) is 18.3. The standard InChI is InChI=1S/C22H35N3O3.HI/c1-6-23-21(25-19-17-9-10-28-20(17)22(19,3)4)24-14-16-8-7-15(2)13-18(16)27-12-11-26-5;/h7-8,13,17,19-20H,6,9-12,14H2,1-5H3,(H2,23,24,25);1H. The van der Waals surface area contributed by atoms with Crippen molar-refractivity contribution in [3.8, 4) is 5.75 Å². The van der Waals surface area contributed by atoms with Gasteiger partial charge in [0.1, 0.15) is 12.4 Å². The van der Waals surface area contributed by atoms with E-state index in [1.165, 1.54) is 5.56 Å². The second kappa shape index (κ2) is 10.8. The molecule has 0 radical (unpaired) electrons. The first kappa shape index (κ1) is 24.2. The summed E-state index contributed by atoms with van der Waals surface area (Å²) in [6.45, 7) is 12.1. The molecule has 1 saturated carbocycles. The summed E-state index contributed by atoms with van der Waals surface area (Å²) >= 11 is 0. The third-order valence-electron chi connectivity index (χ3n) is 5.91. The maximum atomic E-state index is 5.91.